The van der Waals surface area contributed by atoms with Crippen molar-refractivity contribution < 1.29 is 9.53 Å². The van der Waals surface area contributed by atoms with Crippen molar-refractivity contribution in [1.29, 1.82) is 0 Å². The number of esters is 1. The summed E-state index contributed by atoms with van der Waals surface area (Å²) in [6.45, 7) is 12.2. The Morgan fingerprint density at radius 2 is 2.17 bits per heavy atom. The standard InChI is InChI=1S/C14H28N2O2/c1-5-18-14(17)8-12(4)15-9-13-6-7-16(10-13)11(2)3/h11-13,15H,5-10H2,1-4H3. The van der Waals surface area contributed by atoms with Crippen LogP contribution in [-0.4, -0.2) is 49.2 Å². The van der Waals surface area contributed by atoms with Gasteiger partial charge in [0.05, 0.1) is 13.0 Å². The van der Waals surface area contributed by atoms with E-state index in [0.29, 0.717) is 19.1 Å². The van der Waals surface area contributed by atoms with Crippen molar-refractivity contribution in [2.24, 2.45) is 5.92 Å². The molecule has 1 aliphatic rings. The highest BCUT2D eigenvalue weighted by molar-refractivity contribution is 5.69. The summed E-state index contributed by atoms with van der Waals surface area (Å²) >= 11 is 0. The Labute approximate surface area is 111 Å². The molecule has 1 heterocycles. The summed E-state index contributed by atoms with van der Waals surface area (Å²) in [5.41, 5.74) is 0. The van der Waals surface area contributed by atoms with Crippen LogP contribution in [0.1, 0.15) is 40.5 Å². The molecule has 2 unspecified atom stereocenters. The van der Waals surface area contributed by atoms with Gasteiger partial charge in [0.2, 0.25) is 0 Å². The second-order valence-corrected chi connectivity index (χ2v) is 5.56. The Bertz CT molecular complexity index is 256. The zero-order valence-corrected chi connectivity index (χ0v) is 12.2. The third-order valence-electron chi connectivity index (χ3n) is 3.58. The molecular weight excluding hydrogens is 228 g/mol. The van der Waals surface area contributed by atoms with Gasteiger partial charge in [0.15, 0.2) is 0 Å². The number of rotatable bonds is 7. The SMILES string of the molecule is CCOC(=O)CC(C)NCC1CCN(C(C)C)C1. The number of likely N-dealkylation sites (tertiary alicyclic amines) is 1. The molecule has 1 rings (SSSR count). The van der Waals surface area contributed by atoms with Gasteiger partial charge in [-0.15, -0.1) is 0 Å². The maximum absolute atomic E-state index is 11.3. The number of nitrogens with zero attached hydrogens (tertiary/aromatic N) is 1. The third-order valence-corrected chi connectivity index (χ3v) is 3.58. The lowest BCUT2D eigenvalue weighted by atomic mass is 10.1. The van der Waals surface area contributed by atoms with Crippen LogP contribution in [0.15, 0.2) is 0 Å². The Morgan fingerprint density at radius 3 is 2.72 bits per heavy atom. The molecule has 4 nitrogen and oxygen atoms in total. The lowest BCUT2D eigenvalue weighted by Crippen LogP contribution is -2.35. The van der Waals surface area contributed by atoms with Gasteiger partial charge < -0.3 is 15.0 Å². The summed E-state index contributed by atoms with van der Waals surface area (Å²) in [6.07, 6.45) is 1.73. The van der Waals surface area contributed by atoms with E-state index in [4.69, 9.17) is 4.74 Å². The van der Waals surface area contributed by atoms with Gasteiger partial charge in [-0.2, -0.15) is 0 Å². The molecule has 2 atom stereocenters. The van der Waals surface area contributed by atoms with Gasteiger partial charge in [-0.25, -0.2) is 0 Å². The Morgan fingerprint density at radius 1 is 1.44 bits per heavy atom. The minimum atomic E-state index is -0.104. The summed E-state index contributed by atoms with van der Waals surface area (Å²) in [5.74, 6) is 0.616. The topological polar surface area (TPSA) is 41.6 Å². The smallest absolute Gasteiger partial charge is 0.307 e. The number of carbonyl (C=O) groups is 1. The molecule has 1 fully saturated rings. The quantitative estimate of drug-likeness (QED) is 0.703. The molecule has 1 aliphatic heterocycles. The molecule has 1 N–H and O–H groups in total. The molecule has 4 heteroatoms. The maximum atomic E-state index is 11.3. The van der Waals surface area contributed by atoms with Crippen molar-refractivity contribution in [1.82, 2.24) is 10.2 Å². The van der Waals surface area contributed by atoms with Crippen LogP contribution in [0.3, 0.4) is 0 Å². The molecule has 106 valence electrons. The first-order valence-electron chi connectivity index (χ1n) is 7.16. The van der Waals surface area contributed by atoms with Crippen LogP contribution >= 0.6 is 0 Å². The van der Waals surface area contributed by atoms with Gasteiger partial charge >= 0.3 is 5.97 Å². The molecule has 0 aromatic rings. The van der Waals surface area contributed by atoms with Crippen LogP contribution in [-0.2, 0) is 9.53 Å². The molecule has 0 amide bonds. The number of ether oxygens (including phenoxy) is 1. The highest BCUT2D eigenvalue weighted by atomic mass is 16.5. The first kappa shape index (κ1) is 15.4. The van der Waals surface area contributed by atoms with Crippen molar-refractivity contribution in [2.45, 2.75) is 52.6 Å². The Kier molecular flexibility index (Phi) is 6.65. The molecule has 0 aliphatic carbocycles. The fourth-order valence-corrected chi connectivity index (χ4v) is 2.41. The van der Waals surface area contributed by atoms with Crippen molar-refractivity contribution >= 4 is 5.97 Å². The van der Waals surface area contributed by atoms with Gasteiger partial charge in [-0.3, -0.25) is 4.79 Å². The average molecular weight is 256 g/mol. The fraction of sp³-hybridized carbons (Fsp3) is 0.929. The van der Waals surface area contributed by atoms with Crippen LogP contribution in [0.2, 0.25) is 0 Å². The molecule has 0 saturated carbocycles. The Balaban J connectivity index is 2.15. The number of nitrogens with one attached hydrogen (secondary N) is 1. The summed E-state index contributed by atoms with van der Waals surface area (Å²) in [6, 6.07) is 0.851. The van der Waals surface area contributed by atoms with E-state index in [-0.39, 0.29) is 12.0 Å². The van der Waals surface area contributed by atoms with Gasteiger partial charge in [0.25, 0.3) is 0 Å². The van der Waals surface area contributed by atoms with E-state index < -0.39 is 0 Å². The predicted molar refractivity (Wildman–Crippen MR) is 73.5 cm³/mol. The third kappa shape index (κ3) is 5.36. The van der Waals surface area contributed by atoms with Crippen LogP contribution in [0.4, 0.5) is 0 Å². The number of hydrogen-bond acceptors (Lipinski definition) is 4. The molecule has 0 aromatic heterocycles. The van der Waals surface area contributed by atoms with E-state index in [0.717, 1.165) is 12.5 Å². The molecular formula is C14H28N2O2. The number of carbonyl (C=O) groups excluding carboxylic acids is 1. The van der Waals surface area contributed by atoms with Gasteiger partial charge in [-0.1, -0.05) is 0 Å². The van der Waals surface area contributed by atoms with E-state index in [1.807, 2.05) is 13.8 Å². The van der Waals surface area contributed by atoms with E-state index in [9.17, 15) is 4.79 Å². The molecule has 18 heavy (non-hydrogen) atoms. The highest BCUT2D eigenvalue weighted by Gasteiger charge is 2.24. The first-order chi connectivity index (χ1) is 8.52. The zero-order chi connectivity index (χ0) is 13.5. The van der Waals surface area contributed by atoms with Crippen molar-refractivity contribution in [2.75, 3.05) is 26.2 Å². The van der Waals surface area contributed by atoms with E-state index in [2.05, 4.69) is 24.1 Å². The molecule has 0 aromatic carbocycles. The normalized spacial score (nSPS) is 22.4. The van der Waals surface area contributed by atoms with E-state index >= 15 is 0 Å². The second kappa shape index (κ2) is 7.74. The minimum Gasteiger partial charge on any atom is -0.466 e. The number of hydrogen-bond donors (Lipinski definition) is 1. The van der Waals surface area contributed by atoms with Crippen LogP contribution in [0.5, 0.6) is 0 Å². The molecule has 0 spiro atoms. The summed E-state index contributed by atoms with van der Waals surface area (Å²) in [5, 5.41) is 3.45. The average Bonchev–Trinajstić information content (AvgIpc) is 2.75. The summed E-state index contributed by atoms with van der Waals surface area (Å²) < 4.78 is 4.95. The Hall–Kier alpha value is -0.610. The van der Waals surface area contributed by atoms with Gasteiger partial charge in [0.1, 0.15) is 0 Å². The van der Waals surface area contributed by atoms with Crippen LogP contribution in [0.25, 0.3) is 0 Å². The van der Waals surface area contributed by atoms with Crippen molar-refractivity contribution in [3.8, 4) is 0 Å². The van der Waals surface area contributed by atoms with Crippen molar-refractivity contribution in [3.63, 3.8) is 0 Å². The van der Waals surface area contributed by atoms with Crippen molar-refractivity contribution in [3.05, 3.63) is 0 Å². The van der Waals surface area contributed by atoms with Crippen LogP contribution in [0, 0.1) is 5.92 Å². The fourth-order valence-electron chi connectivity index (χ4n) is 2.41. The summed E-state index contributed by atoms with van der Waals surface area (Å²) in [4.78, 5) is 13.8. The largest absolute Gasteiger partial charge is 0.466 e. The first-order valence-corrected chi connectivity index (χ1v) is 7.16. The summed E-state index contributed by atoms with van der Waals surface area (Å²) in [7, 11) is 0. The van der Waals surface area contributed by atoms with E-state index in [1.165, 1.54) is 19.5 Å². The minimum absolute atomic E-state index is 0.104. The van der Waals surface area contributed by atoms with E-state index in [1.54, 1.807) is 0 Å². The maximum Gasteiger partial charge on any atom is 0.307 e. The lowest BCUT2D eigenvalue weighted by Gasteiger charge is -2.21. The molecule has 1 saturated heterocycles. The van der Waals surface area contributed by atoms with Gasteiger partial charge in [0, 0.05) is 18.6 Å². The molecule has 0 bridgehead atoms. The van der Waals surface area contributed by atoms with Crippen LogP contribution < -0.4 is 5.32 Å². The zero-order valence-electron chi connectivity index (χ0n) is 12.2. The second-order valence-electron chi connectivity index (χ2n) is 5.56. The lowest BCUT2D eigenvalue weighted by molar-refractivity contribution is -0.143. The predicted octanol–water partition coefficient (Wildman–Crippen LogP) is 1.65. The highest BCUT2D eigenvalue weighted by Crippen LogP contribution is 2.17. The monoisotopic (exact) mass is 256 g/mol. The van der Waals surface area contributed by atoms with Gasteiger partial charge in [-0.05, 0) is 53.1 Å². The molecule has 0 radical (unpaired) electrons.